The van der Waals surface area contributed by atoms with E-state index in [1.807, 2.05) is 0 Å². The lowest BCUT2D eigenvalue weighted by Gasteiger charge is -2.22. The van der Waals surface area contributed by atoms with Gasteiger partial charge in [-0.25, -0.2) is 4.39 Å². The third kappa shape index (κ3) is 3.27. The highest BCUT2D eigenvalue weighted by atomic mass is 35.5. The Morgan fingerprint density at radius 3 is 2.75 bits per heavy atom. The third-order valence-electron chi connectivity index (χ3n) is 3.94. The number of amides is 1. The van der Waals surface area contributed by atoms with Crippen LogP contribution < -0.4 is 0 Å². The number of hydrogen-bond acceptors (Lipinski definition) is 4. The summed E-state index contributed by atoms with van der Waals surface area (Å²) in [5.41, 5.74) is 0.199. The van der Waals surface area contributed by atoms with Crippen LogP contribution in [0.5, 0.6) is 0 Å². The molecular weight excluding hydrogens is 355 g/mol. The number of nitrogens with zero attached hydrogens (tertiary/aromatic N) is 2. The monoisotopic (exact) mass is 368 g/mol. The molecule has 0 bridgehead atoms. The summed E-state index contributed by atoms with van der Waals surface area (Å²) in [6.07, 6.45) is 1.68. The Kier molecular flexibility index (Phi) is 4.56. The number of carbonyl (C=O) groups excluding carboxylic acids is 1. The number of thiophene rings is 1. The lowest BCUT2D eigenvalue weighted by atomic mass is 10.2. The zero-order chi connectivity index (χ0) is 17.4. The van der Waals surface area contributed by atoms with E-state index in [1.54, 1.807) is 17.9 Å². The first kappa shape index (κ1) is 16.9. The van der Waals surface area contributed by atoms with E-state index in [2.05, 4.69) is 0 Å². The van der Waals surface area contributed by atoms with Crippen molar-refractivity contribution in [2.75, 3.05) is 0 Å². The van der Waals surface area contributed by atoms with Crippen LogP contribution in [-0.4, -0.2) is 21.8 Å². The van der Waals surface area contributed by atoms with Gasteiger partial charge < -0.3 is 4.90 Å². The van der Waals surface area contributed by atoms with Crippen molar-refractivity contribution in [3.63, 3.8) is 0 Å². The highest BCUT2D eigenvalue weighted by Gasteiger charge is 2.35. The van der Waals surface area contributed by atoms with Crippen LogP contribution in [0.25, 0.3) is 0 Å². The normalized spacial score (nSPS) is 13.8. The number of halogens is 2. The molecule has 0 N–H and O–H groups in total. The summed E-state index contributed by atoms with van der Waals surface area (Å²) >= 11 is 7.14. The maximum Gasteiger partial charge on any atom is 0.283 e. The molecule has 0 radical (unpaired) electrons. The fourth-order valence-electron chi connectivity index (χ4n) is 2.51. The summed E-state index contributed by atoms with van der Waals surface area (Å²) in [5, 5.41) is 11.2. The fraction of sp³-hybridized carbons (Fsp3) is 0.312. The molecule has 0 aliphatic heterocycles. The zero-order valence-corrected chi connectivity index (χ0v) is 14.4. The van der Waals surface area contributed by atoms with Gasteiger partial charge in [-0.05, 0) is 31.9 Å². The maximum absolute atomic E-state index is 14.0. The van der Waals surface area contributed by atoms with Gasteiger partial charge in [0.1, 0.15) is 5.82 Å². The van der Waals surface area contributed by atoms with Gasteiger partial charge in [-0.15, -0.1) is 11.3 Å². The van der Waals surface area contributed by atoms with Crippen molar-refractivity contribution in [2.45, 2.75) is 32.4 Å². The predicted molar refractivity (Wildman–Crippen MR) is 90.0 cm³/mol. The Morgan fingerprint density at radius 1 is 1.50 bits per heavy atom. The van der Waals surface area contributed by atoms with Gasteiger partial charge in [0.25, 0.3) is 11.6 Å². The van der Waals surface area contributed by atoms with E-state index in [1.165, 1.54) is 18.2 Å². The van der Waals surface area contributed by atoms with Gasteiger partial charge >= 0.3 is 0 Å². The average Bonchev–Trinajstić information content (AvgIpc) is 3.27. The minimum absolute atomic E-state index is 0.0228. The Labute approximate surface area is 146 Å². The average molecular weight is 369 g/mol. The molecule has 1 aliphatic rings. The summed E-state index contributed by atoms with van der Waals surface area (Å²) in [6, 6.07) is 5.71. The van der Waals surface area contributed by atoms with E-state index in [4.69, 9.17) is 11.6 Å². The van der Waals surface area contributed by atoms with Crippen LogP contribution in [0.15, 0.2) is 24.3 Å². The van der Waals surface area contributed by atoms with Crippen molar-refractivity contribution in [3.05, 3.63) is 60.5 Å². The van der Waals surface area contributed by atoms with Crippen molar-refractivity contribution in [1.82, 2.24) is 4.90 Å². The van der Waals surface area contributed by atoms with E-state index in [-0.39, 0.29) is 34.8 Å². The first-order valence-corrected chi connectivity index (χ1v) is 8.56. The Bertz CT molecular complexity index is 799. The quantitative estimate of drug-likeness (QED) is 0.574. The van der Waals surface area contributed by atoms with E-state index in [0.29, 0.717) is 9.75 Å². The summed E-state index contributed by atoms with van der Waals surface area (Å²) in [6.45, 7) is 1.66. The number of aryl methyl sites for hydroxylation is 1. The minimum Gasteiger partial charge on any atom is -0.330 e. The van der Waals surface area contributed by atoms with Crippen LogP contribution in [0.1, 0.15) is 33.0 Å². The van der Waals surface area contributed by atoms with Crippen molar-refractivity contribution in [2.24, 2.45) is 0 Å². The molecule has 1 aromatic carbocycles. The molecule has 1 heterocycles. The molecule has 24 heavy (non-hydrogen) atoms. The summed E-state index contributed by atoms with van der Waals surface area (Å²) in [5.74, 6) is -0.785. The Balaban J connectivity index is 1.90. The molecule has 1 aromatic heterocycles. The number of rotatable bonds is 5. The molecule has 2 aromatic rings. The molecule has 126 valence electrons. The molecule has 0 atom stereocenters. The molecule has 1 amide bonds. The molecule has 0 unspecified atom stereocenters. The number of carbonyl (C=O) groups is 1. The Morgan fingerprint density at radius 2 is 2.21 bits per heavy atom. The molecule has 1 saturated carbocycles. The highest BCUT2D eigenvalue weighted by molar-refractivity contribution is 7.14. The lowest BCUT2D eigenvalue weighted by molar-refractivity contribution is -0.385. The van der Waals surface area contributed by atoms with Crippen LogP contribution in [0.2, 0.25) is 5.02 Å². The molecule has 8 heteroatoms. The second-order valence-corrected chi connectivity index (χ2v) is 7.34. The van der Waals surface area contributed by atoms with E-state index < -0.39 is 10.7 Å². The van der Waals surface area contributed by atoms with Crippen LogP contribution in [0.3, 0.4) is 0 Å². The minimum atomic E-state index is -0.502. The maximum atomic E-state index is 14.0. The van der Waals surface area contributed by atoms with Gasteiger partial charge in [0.2, 0.25) is 0 Å². The summed E-state index contributed by atoms with van der Waals surface area (Å²) < 4.78 is 14.0. The molecule has 3 rings (SSSR count). The van der Waals surface area contributed by atoms with Crippen LogP contribution in [0, 0.1) is 22.9 Å². The Hall–Kier alpha value is -1.99. The standard InChI is InChI=1S/C16H14ClFN2O3S/c1-9-14(20(22)23)7-15(24-9)16(21)19(10-5-6-10)8-11-12(17)3-2-4-13(11)18/h2-4,7,10H,5-6,8H2,1H3. The van der Waals surface area contributed by atoms with Crippen LogP contribution in [0.4, 0.5) is 10.1 Å². The van der Waals surface area contributed by atoms with Crippen molar-refractivity contribution >= 4 is 34.5 Å². The topological polar surface area (TPSA) is 63.5 Å². The highest BCUT2D eigenvalue weighted by Crippen LogP contribution is 2.35. The molecule has 1 fully saturated rings. The lowest BCUT2D eigenvalue weighted by Crippen LogP contribution is -2.32. The first-order valence-electron chi connectivity index (χ1n) is 7.37. The van der Waals surface area contributed by atoms with Gasteiger partial charge in [0.15, 0.2) is 0 Å². The zero-order valence-electron chi connectivity index (χ0n) is 12.8. The number of nitro groups is 1. The molecule has 0 saturated heterocycles. The third-order valence-corrected chi connectivity index (χ3v) is 5.32. The molecule has 5 nitrogen and oxygen atoms in total. The summed E-state index contributed by atoms with van der Waals surface area (Å²) in [7, 11) is 0. The molecule has 1 aliphatic carbocycles. The van der Waals surface area contributed by atoms with Gasteiger partial charge in [-0.1, -0.05) is 17.7 Å². The van der Waals surface area contributed by atoms with Crippen molar-refractivity contribution in [1.29, 1.82) is 0 Å². The second kappa shape index (κ2) is 6.49. The van der Waals surface area contributed by atoms with Crippen LogP contribution in [-0.2, 0) is 6.54 Å². The number of benzene rings is 1. The second-order valence-electron chi connectivity index (χ2n) is 5.67. The van der Waals surface area contributed by atoms with E-state index >= 15 is 0 Å². The van der Waals surface area contributed by atoms with Gasteiger partial charge in [0, 0.05) is 22.7 Å². The van der Waals surface area contributed by atoms with Gasteiger partial charge in [0.05, 0.1) is 21.2 Å². The smallest absolute Gasteiger partial charge is 0.283 e. The molecular formula is C16H14ClFN2O3S. The van der Waals surface area contributed by atoms with Crippen molar-refractivity contribution in [3.8, 4) is 0 Å². The fourth-order valence-corrected chi connectivity index (χ4v) is 3.67. The summed E-state index contributed by atoms with van der Waals surface area (Å²) in [4.78, 5) is 25.6. The van der Waals surface area contributed by atoms with Gasteiger partial charge in [-0.2, -0.15) is 0 Å². The predicted octanol–water partition coefficient (Wildman–Crippen LogP) is 4.56. The SMILES string of the molecule is Cc1sc(C(=O)N(Cc2c(F)cccc2Cl)C2CC2)cc1[N+](=O)[O-]. The first-order chi connectivity index (χ1) is 11.4. The van der Waals surface area contributed by atoms with Crippen molar-refractivity contribution < 1.29 is 14.1 Å². The molecule has 0 spiro atoms. The van der Waals surface area contributed by atoms with Crippen LogP contribution >= 0.6 is 22.9 Å². The van der Waals surface area contributed by atoms with Gasteiger partial charge in [-0.3, -0.25) is 14.9 Å². The van der Waals surface area contributed by atoms with E-state index in [9.17, 15) is 19.3 Å². The number of hydrogen-bond donors (Lipinski definition) is 0. The van der Waals surface area contributed by atoms with E-state index in [0.717, 1.165) is 24.2 Å². The largest absolute Gasteiger partial charge is 0.330 e.